The van der Waals surface area contributed by atoms with Crippen molar-refractivity contribution in [3.8, 4) is 0 Å². The van der Waals surface area contributed by atoms with Gasteiger partial charge in [0.25, 0.3) is 5.56 Å². The number of aromatic amines is 1. The summed E-state index contributed by atoms with van der Waals surface area (Å²) in [5.41, 5.74) is 5.77. The van der Waals surface area contributed by atoms with Gasteiger partial charge in [-0.2, -0.15) is 4.98 Å². The highest BCUT2D eigenvalue weighted by Crippen LogP contribution is 2.56. The van der Waals surface area contributed by atoms with Gasteiger partial charge in [0.1, 0.15) is 12.3 Å². The fraction of sp³-hybridized carbons (Fsp3) is 0.667. The lowest BCUT2D eigenvalue weighted by Crippen LogP contribution is -2.33. The van der Waals surface area contributed by atoms with Crippen LogP contribution in [0.15, 0.2) is 11.1 Å². The zero-order chi connectivity index (χ0) is 23.5. The number of nitrogens with two attached hydrogens (primary N) is 1. The summed E-state index contributed by atoms with van der Waals surface area (Å²) in [6.45, 7) is 4.08. The molecule has 0 aliphatic carbocycles. The lowest BCUT2D eigenvalue weighted by Gasteiger charge is -2.23. The number of nitrogens with zero attached hydrogens (tertiary/aromatic N) is 3. The van der Waals surface area contributed by atoms with Crippen LogP contribution in [-0.4, -0.2) is 56.6 Å². The fourth-order valence-electron chi connectivity index (χ4n) is 3.51. The van der Waals surface area contributed by atoms with Crippen molar-refractivity contribution in [2.24, 2.45) is 5.92 Å². The Morgan fingerprint density at radius 1 is 1.53 bits per heavy atom. The normalized spacial score (nSPS) is 23.8. The van der Waals surface area contributed by atoms with E-state index in [2.05, 4.69) is 20.0 Å². The minimum absolute atomic E-state index is 0.00546. The summed E-state index contributed by atoms with van der Waals surface area (Å²) in [4.78, 5) is 34.7. The summed E-state index contributed by atoms with van der Waals surface area (Å²) in [5, 5.41) is 2.78. The summed E-state index contributed by atoms with van der Waals surface area (Å²) in [6.07, 6.45) is 1.34. The Kier molecular flexibility index (Phi) is 7.99. The fourth-order valence-corrected chi connectivity index (χ4v) is 7.14. The molecule has 1 saturated heterocycles. The maximum Gasteiger partial charge on any atom is 0.327 e. The topological polar surface area (TPSA) is 163 Å². The number of H-pyrrole nitrogens is 1. The summed E-state index contributed by atoms with van der Waals surface area (Å²) in [5.74, 6) is 0.0853. The van der Waals surface area contributed by atoms with Crippen LogP contribution in [0.5, 0.6) is 0 Å². The van der Waals surface area contributed by atoms with E-state index in [0.29, 0.717) is 17.8 Å². The van der Waals surface area contributed by atoms with E-state index in [4.69, 9.17) is 19.7 Å². The average molecular weight is 489 g/mol. The first-order valence-electron chi connectivity index (χ1n) is 10.4. The molecule has 0 amide bonds. The summed E-state index contributed by atoms with van der Waals surface area (Å²) >= 11 is 1.11. The zero-order valence-corrected chi connectivity index (χ0v) is 20.2. The first-order valence-corrected chi connectivity index (χ1v) is 13.6. The van der Waals surface area contributed by atoms with Crippen molar-refractivity contribution in [2.75, 3.05) is 24.7 Å². The summed E-state index contributed by atoms with van der Waals surface area (Å²) in [6, 6.07) is -0.775. The quantitative estimate of drug-likeness (QED) is 0.331. The molecule has 1 aliphatic heterocycles. The Morgan fingerprint density at radius 3 is 2.97 bits per heavy atom. The molecular weight excluding hydrogens is 459 g/mol. The monoisotopic (exact) mass is 488 g/mol. The molecule has 5 unspecified atom stereocenters. The van der Waals surface area contributed by atoms with Crippen molar-refractivity contribution in [1.82, 2.24) is 24.6 Å². The molecule has 14 heteroatoms. The molecule has 12 nitrogen and oxygen atoms in total. The Hall–Kier alpha value is -1.92. The maximum atomic E-state index is 13.2. The van der Waals surface area contributed by atoms with Gasteiger partial charge in [0.05, 0.1) is 25.6 Å². The molecular formula is C18H29N6O6PS. The van der Waals surface area contributed by atoms with Crippen molar-refractivity contribution in [2.45, 2.75) is 52.5 Å². The van der Waals surface area contributed by atoms with Crippen LogP contribution in [0.2, 0.25) is 0 Å². The van der Waals surface area contributed by atoms with Gasteiger partial charge < -0.3 is 19.7 Å². The molecule has 2 aromatic heterocycles. The molecule has 4 N–H and O–H groups in total. The average Bonchev–Trinajstić information content (AvgIpc) is 3.30. The molecule has 3 heterocycles. The van der Waals surface area contributed by atoms with Gasteiger partial charge in [-0.1, -0.05) is 25.2 Å². The number of rotatable bonds is 10. The van der Waals surface area contributed by atoms with Crippen molar-refractivity contribution in [3.63, 3.8) is 0 Å². The van der Waals surface area contributed by atoms with E-state index in [1.54, 1.807) is 18.4 Å². The number of fused-ring (bicyclic) bond motifs is 1. The van der Waals surface area contributed by atoms with Gasteiger partial charge in [-0.05, 0) is 20.3 Å². The van der Waals surface area contributed by atoms with Crippen LogP contribution in [0, 0.1) is 5.92 Å². The Balaban J connectivity index is 1.68. The number of aromatic nitrogens is 4. The van der Waals surface area contributed by atoms with Gasteiger partial charge >= 0.3 is 12.7 Å². The van der Waals surface area contributed by atoms with E-state index < -0.39 is 30.5 Å². The van der Waals surface area contributed by atoms with E-state index >= 15 is 0 Å². The minimum atomic E-state index is -3.36. The number of esters is 1. The lowest BCUT2D eigenvalue weighted by atomic mass is 10.1. The third kappa shape index (κ3) is 5.52. The molecule has 178 valence electrons. The van der Waals surface area contributed by atoms with Gasteiger partial charge in [0, 0.05) is 11.7 Å². The second-order valence-electron chi connectivity index (χ2n) is 7.45. The van der Waals surface area contributed by atoms with Crippen LogP contribution in [0.25, 0.3) is 11.2 Å². The maximum absolute atomic E-state index is 13.2. The zero-order valence-electron chi connectivity index (χ0n) is 18.4. The number of hydrogen-bond acceptors (Lipinski definition) is 10. The van der Waals surface area contributed by atoms with Crippen LogP contribution in [0.1, 0.15) is 40.3 Å². The summed E-state index contributed by atoms with van der Waals surface area (Å²) in [7, 11) is 0. The molecule has 0 spiro atoms. The van der Waals surface area contributed by atoms with Gasteiger partial charge in [0.2, 0.25) is 5.95 Å². The number of anilines is 1. The molecule has 0 bridgehead atoms. The smallest absolute Gasteiger partial charge is 0.327 e. The molecule has 0 saturated carbocycles. The standard InChI is InChI=1S/C18H29N6O6PS/c1-5-28-17(26)11(4)23-31(27,32-6-2)29-8-12-7-10(3)16(30-12)24-9-20-13-14(24)21-18(19)22-15(13)25/h9-12,16H,5-8H2,1-4H3,(H,23,27)(H3,19,21,22,25). The molecule has 0 aromatic carbocycles. The number of ether oxygens (including phenoxy) is 2. The summed E-state index contributed by atoms with van der Waals surface area (Å²) < 4.78 is 31.7. The molecule has 1 fully saturated rings. The first kappa shape index (κ1) is 24.7. The van der Waals surface area contributed by atoms with Crippen LogP contribution in [-0.2, 0) is 23.4 Å². The molecule has 1 aliphatic rings. The lowest BCUT2D eigenvalue weighted by molar-refractivity contribution is -0.144. The highest BCUT2D eigenvalue weighted by molar-refractivity contribution is 8.56. The second-order valence-corrected chi connectivity index (χ2v) is 12.0. The number of imidazole rings is 1. The van der Waals surface area contributed by atoms with E-state index in [1.807, 2.05) is 13.8 Å². The number of carbonyl (C=O) groups is 1. The minimum Gasteiger partial charge on any atom is -0.465 e. The van der Waals surface area contributed by atoms with Crippen LogP contribution < -0.4 is 16.4 Å². The van der Waals surface area contributed by atoms with Crippen LogP contribution in [0.3, 0.4) is 0 Å². The molecule has 32 heavy (non-hydrogen) atoms. The van der Waals surface area contributed by atoms with Crippen molar-refractivity contribution >= 4 is 41.2 Å². The Bertz CT molecular complexity index is 1060. The third-order valence-corrected chi connectivity index (χ3v) is 9.12. The Morgan fingerprint density at radius 2 is 2.28 bits per heavy atom. The SMILES string of the molecule is CCOC(=O)C(C)NP(=O)(OCC1CC(C)C(n2cnc3c(=O)[nH]c(N)nc32)O1)SCC. The number of hydrogen-bond donors (Lipinski definition) is 3. The van der Waals surface area contributed by atoms with Gasteiger partial charge in [-0.25, -0.2) is 10.1 Å². The molecule has 0 radical (unpaired) electrons. The third-order valence-electron chi connectivity index (χ3n) is 4.90. The number of nitrogens with one attached hydrogen (secondary N) is 2. The largest absolute Gasteiger partial charge is 0.465 e. The second kappa shape index (κ2) is 10.3. The van der Waals surface area contributed by atoms with Crippen molar-refractivity contribution in [3.05, 3.63) is 16.7 Å². The van der Waals surface area contributed by atoms with E-state index in [9.17, 15) is 14.2 Å². The number of carbonyl (C=O) groups excluding carboxylic acids is 1. The first-order chi connectivity index (χ1) is 15.2. The highest BCUT2D eigenvalue weighted by Gasteiger charge is 2.37. The highest BCUT2D eigenvalue weighted by atomic mass is 32.7. The Labute approximate surface area is 189 Å². The van der Waals surface area contributed by atoms with Gasteiger partial charge in [-0.15, -0.1) is 0 Å². The van der Waals surface area contributed by atoms with Crippen molar-refractivity contribution in [1.29, 1.82) is 0 Å². The molecule has 5 atom stereocenters. The predicted molar refractivity (Wildman–Crippen MR) is 121 cm³/mol. The van der Waals surface area contributed by atoms with E-state index in [0.717, 1.165) is 11.4 Å². The van der Waals surface area contributed by atoms with E-state index in [1.165, 1.54) is 6.33 Å². The predicted octanol–water partition coefficient (Wildman–Crippen LogP) is 2.04. The number of nitrogen functional groups attached to an aromatic ring is 1. The van der Waals surface area contributed by atoms with Crippen molar-refractivity contribution < 1.29 is 23.4 Å². The van der Waals surface area contributed by atoms with Gasteiger partial charge in [-0.3, -0.25) is 23.7 Å². The van der Waals surface area contributed by atoms with Crippen LogP contribution in [0.4, 0.5) is 5.95 Å². The van der Waals surface area contributed by atoms with Gasteiger partial charge in [0.15, 0.2) is 11.2 Å². The van der Waals surface area contributed by atoms with E-state index in [-0.39, 0.29) is 36.7 Å². The molecule has 2 aromatic rings. The molecule has 3 rings (SSSR count). The van der Waals surface area contributed by atoms with Crippen LogP contribution >= 0.6 is 18.1 Å².